The number of urea groups is 1. The third-order valence-electron chi connectivity index (χ3n) is 8.42. The van der Waals surface area contributed by atoms with E-state index in [1.54, 1.807) is 54.6 Å². The normalized spacial score (nSPS) is 12.0. The second-order valence-corrected chi connectivity index (χ2v) is 12.5. The first-order valence-corrected chi connectivity index (χ1v) is 16.2. The smallest absolute Gasteiger partial charge is 0.306 e. The minimum atomic E-state index is -0.800. The lowest BCUT2D eigenvalue weighted by Gasteiger charge is -2.25. The highest BCUT2D eigenvalue weighted by molar-refractivity contribution is 7.22. The highest BCUT2D eigenvalue weighted by Crippen LogP contribution is 2.39. The summed E-state index contributed by atoms with van der Waals surface area (Å²) >= 11 is 1.20. The number of nitrogens with zero attached hydrogens (tertiary/aromatic N) is 3. The van der Waals surface area contributed by atoms with Crippen molar-refractivity contribution in [3.8, 4) is 16.1 Å². The van der Waals surface area contributed by atoms with Gasteiger partial charge in [-0.3, -0.25) is 19.1 Å². The quantitative estimate of drug-likeness (QED) is 0.151. The number of halogens is 2. The molecule has 12 heteroatoms. The first-order valence-electron chi connectivity index (χ1n) is 15.4. The van der Waals surface area contributed by atoms with E-state index in [2.05, 4.69) is 27.5 Å². The SMILES string of the molecule is CONC(=O)Nc1ccc(-c2sc3c(c2CN(C)C(C)c2ccccc2)c(=O)n(-c2ccccc2)c(=O)n3Cc2c(F)cccc2F)cc1. The molecule has 250 valence electrons. The number of rotatable bonds is 10. The molecule has 2 amide bonds. The largest absolute Gasteiger partial charge is 0.343 e. The molecule has 9 nitrogen and oxygen atoms in total. The molecule has 0 bridgehead atoms. The van der Waals surface area contributed by atoms with E-state index in [1.165, 1.54) is 29.1 Å². The van der Waals surface area contributed by atoms with Crippen LogP contribution in [-0.4, -0.2) is 34.2 Å². The maximum atomic E-state index is 15.0. The van der Waals surface area contributed by atoms with Crippen molar-refractivity contribution in [3.05, 3.63) is 152 Å². The number of hydrogen-bond donors (Lipinski definition) is 2. The second-order valence-electron chi connectivity index (χ2n) is 11.5. The van der Waals surface area contributed by atoms with Crippen molar-refractivity contribution in [2.45, 2.75) is 26.1 Å². The van der Waals surface area contributed by atoms with Gasteiger partial charge in [-0.25, -0.2) is 28.4 Å². The van der Waals surface area contributed by atoms with Crippen molar-refractivity contribution in [1.29, 1.82) is 0 Å². The molecule has 0 aliphatic carbocycles. The lowest BCUT2D eigenvalue weighted by Crippen LogP contribution is -2.39. The summed E-state index contributed by atoms with van der Waals surface area (Å²) in [5.74, 6) is -1.60. The minimum Gasteiger partial charge on any atom is -0.306 e. The Hall–Kier alpha value is -5.43. The van der Waals surface area contributed by atoms with Crippen LogP contribution in [-0.2, 0) is 17.9 Å². The molecule has 0 aliphatic rings. The van der Waals surface area contributed by atoms with Gasteiger partial charge in [-0.15, -0.1) is 11.3 Å². The van der Waals surface area contributed by atoms with Gasteiger partial charge < -0.3 is 5.32 Å². The van der Waals surface area contributed by atoms with E-state index < -0.39 is 35.5 Å². The topological polar surface area (TPSA) is 97.6 Å². The number of amides is 2. The van der Waals surface area contributed by atoms with Gasteiger partial charge in [0.1, 0.15) is 16.5 Å². The molecule has 0 fully saturated rings. The molecule has 0 saturated carbocycles. The molecule has 4 aromatic carbocycles. The fourth-order valence-corrected chi connectivity index (χ4v) is 7.07. The Balaban J connectivity index is 1.60. The third-order valence-corrected chi connectivity index (χ3v) is 9.72. The summed E-state index contributed by atoms with van der Waals surface area (Å²) in [6.45, 7) is 1.93. The van der Waals surface area contributed by atoms with Crippen molar-refractivity contribution >= 4 is 33.3 Å². The number of benzene rings is 4. The van der Waals surface area contributed by atoms with Crippen LogP contribution in [0, 0.1) is 11.6 Å². The maximum absolute atomic E-state index is 15.0. The van der Waals surface area contributed by atoms with Gasteiger partial charge in [0.2, 0.25) is 0 Å². The summed E-state index contributed by atoms with van der Waals surface area (Å²) in [7, 11) is 3.28. The van der Waals surface area contributed by atoms with Gasteiger partial charge in [-0.05, 0) is 67.1 Å². The molecule has 0 spiro atoms. The highest BCUT2D eigenvalue weighted by Gasteiger charge is 2.26. The van der Waals surface area contributed by atoms with E-state index in [1.807, 2.05) is 37.4 Å². The molecule has 2 N–H and O–H groups in total. The van der Waals surface area contributed by atoms with E-state index in [0.29, 0.717) is 28.4 Å². The van der Waals surface area contributed by atoms with Crippen LogP contribution in [0.25, 0.3) is 26.3 Å². The highest BCUT2D eigenvalue weighted by atomic mass is 32.1. The summed E-state index contributed by atoms with van der Waals surface area (Å²) in [5.41, 5.74) is 3.92. The standard InChI is InChI=1S/C37H33F2N5O4S/c1-23(24-11-6-4-7-12-24)42(2)21-29-32-34(45)44(27-13-8-5-9-14-27)37(47)43(22-28-30(38)15-10-16-31(28)39)35(32)49-33(29)25-17-19-26(20-18-25)40-36(46)41-48-3/h4-20,23H,21-22H2,1-3H3,(H2,40,41,46). The molecular weight excluding hydrogens is 649 g/mol. The molecule has 1 unspecified atom stereocenters. The van der Waals surface area contributed by atoms with E-state index in [9.17, 15) is 14.4 Å². The van der Waals surface area contributed by atoms with Gasteiger partial charge in [0.15, 0.2) is 0 Å². The van der Waals surface area contributed by atoms with Crippen LogP contribution in [0.15, 0.2) is 113 Å². The van der Waals surface area contributed by atoms with Crippen LogP contribution >= 0.6 is 11.3 Å². The Labute approximate surface area is 284 Å². The number of carbonyl (C=O) groups excluding carboxylic acids is 1. The minimum absolute atomic E-state index is 0.0513. The molecule has 0 aliphatic heterocycles. The van der Waals surface area contributed by atoms with Crippen LogP contribution in [0.4, 0.5) is 19.3 Å². The van der Waals surface area contributed by atoms with E-state index in [0.717, 1.165) is 27.8 Å². The summed E-state index contributed by atoms with van der Waals surface area (Å²) in [6, 6.07) is 28.4. The van der Waals surface area contributed by atoms with Crippen molar-refractivity contribution < 1.29 is 18.4 Å². The van der Waals surface area contributed by atoms with Gasteiger partial charge in [0.25, 0.3) is 5.56 Å². The zero-order valence-electron chi connectivity index (χ0n) is 26.9. The summed E-state index contributed by atoms with van der Waals surface area (Å²) < 4.78 is 32.4. The number of aromatic nitrogens is 2. The number of fused-ring (bicyclic) bond motifs is 1. The van der Waals surface area contributed by atoms with Gasteiger partial charge in [-0.2, -0.15) is 0 Å². The Morgan fingerprint density at radius 2 is 1.51 bits per heavy atom. The number of nitrogens with one attached hydrogen (secondary N) is 2. The molecule has 49 heavy (non-hydrogen) atoms. The first-order chi connectivity index (χ1) is 23.7. The van der Waals surface area contributed by atoms with Crippen molar-refractivity contribution in [2.75, 3.05) is 19.5 Å². The first kappa shape index (κ1) is 33.5. The predicted octanol–water partition coefficient (Wildman–Crippen LogP) is 7.08. The maximum Gasteiger partial charge on any atom is 0.343 e. The summed E-state index contributed by atoms with van der Waals surface area (Å²) in [4.78, 5) is 48.5. The van der Waals surface area contributed by atoms with Gasteiger partial charge >= 0.3 is 11.7 Å². The summed E-state index contributed by atoms with van der Waals surface area (Å²) in [5, 5.41) is 2.94. The number of para-hydroxylation sites is 1. The number of thiophene rings is 1. The van der Waals surface area contributed by atoms with Crippen LogP contribution < -0.4 is 22.0 Å². The average molecular weight is 682 g/mol. The number of hydroxylamine groups is 1. The monoisotopic (exact) mass is 681 g/mol. The Morgan fingerprint density at radius 3 is 2.14 bits per heavy atom. The average Bonchev–Trinajstić information content (AvgIpc) is 3.47. The van der Waals surface area contributed by atoms with Gasteiger partial charge in [-0.1, -0.05) is 66.7 Å². The lowest BCUT2D eigenvalue weighted by molar-refractivity contribution is 0.114. The molecule has 2 heterocycles. The Morgan fingerprint density at radius 1 is 0.878 bits per heavy atom. The van der Waals surface area contributed by atoms with Gasteiger partial charge in [0.05, 0.1) is 24.7 Å². The van der Waals surface area contributed by atoms with Crippen LogP contribution in [0.5, 0.6) is 0 Å². The zero-order valence-corrected chi connectivity index (χ0v) is 27.8. The summed E-state index contributed by atoms with van der Waals surface area (Å²) in [6.07, 6.45) is 0. The van der Waals surface area contributed by atoms with Crippen molar-refractivity contribution in [3.63, 3.8) is 0 Å². The molecule has 2 aromatic heterocycles. The number of anilines is 1. The second kappa shape index (κ2) is 14.4. The van der Waals surface area contributed by atoms with Crippen LogP contribution in [0.2, 0.25) is 0 Å². The van der Waals surface area contributed by atoms with E-state index >= 15 is 8.78 Å². The fraction of sp³-hybridized carbons (Fsp3) is 0.162. The molecule has 6 rings (SSSR count). The Bertz CT molecular complexity index is 2220. The lowest BCUT2D eigenvalue weighted by atomic mass is 10.0. The molecule has 0 radical (unpaired) electrons. The van der Waals surface area contributed by atoms with E-state index in [-0.39, 0.29) is 21.8 Å². The molecule has 0 saturated heterocycles. The number of hydrogen-bond acceptors (Lipinski definition) is 6. The molecular formula is C37H33F2N5O4S. The fourth-order valence-electron chi connectivity index (χ4n) is 5.77. The van der Waals surface area contributed by atoms with Crippen molar-refractivity contribution in [1.82, 2.24) is 19.5 Å². The van der Waals surface area contributed by atoms with Crippen molar-refractivity contribution in [2.24, 2.45) is 0 Å². The zero-order chi connectivity index (χ0) is 34.7. The van der Waals surface area contributed by atoms with E-state index in [4.69, 9.17) is 0 Å². The number of carbonyl (C=O) groups is 1. The molecule has 6 aromatic rings. The molecule has 1 atom stereocenters. The predicted molar refractivity (Wildman–Crippen MR) is 188 cm³/mol. The van der Waals surface area contributed by atoms with Gasteiger partial charge in [0, 0.05) is 28.7 Å². The Kier molecular flexibility index (Phi) is 9.81. The van der Waals surface area contributed by atoms with Crippen LogP contribution in [0.3, 0.4) is 0 Å². The van der Waals surface area contributed by atoms with Crippen LogP contribution in [0.1, 0.15) is 29.7 Å². The third kappa shape index (κ3) is 6.79.